The highest BCUT2D eigenvalue weighted by Crippen LogP contribution is 2.22. The van der Waals surface area contributed by atoms with E-state index in [1.807, 2.05) is 25.7 Å². The van der Waals surface area contributed by atoms with Gasteiger partial charge >= 0.3 is 5.97 Å². The van der Waals surface area contributed by atoms with Gasteiger partial charge in [-0.1, -0.05) is 72.6 Å². The molecular weight excluding hydrogens is 454 g/mol. The zero-order chi connectivity index (χ0) is 26.3. The second-order valence-corrected chi connectivity index (χ2v) is 10.4. The monoisotopic (exact) mass is 501 g/mol. The normalized spacial score (nSPS) is 17.3. The lowest BCUT2D eigenvalue weighted by Gasteiger charge is -2.33. The number of rotatable bonds is 16. The molecule has 204 valence electrons. The van der Waals surface area contributed by atoms with Crippen LogP contribution in [0.5, 0.6) is 0 Å². The smallest absolute Gasteiger partial charge is 0.320 e. The van der Waals surface area contributed by atoms with Crippen molar-refractivity contribution in [2.24, 2.45) is 11.3 Å². The molecule has 0 aromatic carbocycles. The first-order valence-corrected chi connectivity index (χ1v) is 13.0. The predicted octanol–water partition coefficient (Wildman–Crippen LogP) is 2.02. The molecular formula is C25H47N3O7. The van der Waals surface area contributed by atoms with Crippen LogP contribution >= 0.6 is 0 Å². The van der Waals surface area contributed by atoms with Gasteiger partial charge in [0.2, 0.25) is 5.91 Å². The molecule has 0 aliphatic carbocycles. The molecule has 0 radical (unpaired) electrons. The third kappa shape index (κ3) is 12.7. The van der Waals surface area contributed by atoms with E-state index in [0.717, 1.165) is 19.3 Å². The number of aliphatic hydroxyl groups is 1. The van der Waals surface area contributed by atoms with Crippen LogP contribution in [0.1, 0.15) is 79.1 Å². The number of unbranched alkanes of at least 4 members (excludes halogenated alkanes) is 6. The molecule has 0 bridgehead atoms. The SMILES string of the molecule is CCCCCCCCC[C@@H](C(=O)N[C@H](COC(=O)CN1CCOCC1)C(C)(C)C)[C@H](O)C(=O)NO. The molecule has 4 N–H and O–H groups in total. The summed E-state index contributed by atoms with van der Waals surface area (Å²) in [5.41, 5.74) is 0.994. The minimum atomic E-state index is -1.68. The quantitative estimate of drug-likeness (QED) is 0.109. The van der Waals surface area contributed by atoms with Crippen molar-refractivity contribution in [2.45, 2.75) is 91.2 Å². The van der Waals surface area contributed by atoms with E-state index in [4.69, 9.17) is 14.7 Å². The van der Waals surface area contributed by atoms with Gasteiger partial charge in [0.15, 0.2) is 0 Å². The topological polar surface area (TPSA) is 137 Å². The van der Waals surface area contributed by atoms with Crippen LogP contribution in [0.3, 0.4) is 0 Å². The van der Waals surface area contributed by atoms with Crippen LogP contribution in [0.4, 0.5) is 0 Å². The lowest BCUT2D eigenvalue weighted by molar-refractivity contribution is -0.150. The molecule has 0 saturated carbocycles. The number of ether oxygens (including phenoxy) is 2. The third-order valence-electron chi connectivity index (χ3n) is 6.44. The number of morpholine rings is 1. The molecule has 1 saturated heterocycles. The fourth-order valence-electron chi connectivity index (χ4n) is 3.95. The molecule has 1 aliphatic heterocycles. The third-order valence-corrected chi connectivity index (χ3v) is 6.44. The van der Waals surface area contributed by atoms with Crippen LogP contribution in [-0.4, -0.2) is 84.6 Å². The Bertz CT molecular complexity index is 633. The minimum absolute atomic E-state index is 0.0230. The lowest BCUT2D eigenvalue weighted by atomic mass is 9.86. The number of nitrogens with one attached hydrogen (secondary N) is 2. The van der Waals surface area contributed by atoms with Gasteiger partial charge in [-0.2, -0.15) is 0 Å². The molecule has 1 rings (SSSR count). The van der Waals surface area contributed by atoms with Crippen molar-refractivity contribution >= 4 is 17.8 Å². The molecule has 0 unspecified atom stereocenters. The summed E-state index contributed by atoms with van der Waals surface area (Å²) in [4.78, 5) is 39.3. The number of hydrogen-bond donors (Lipinski definition) is 4. The molecule has 10 nitrogen and oxygen atoms in total. The molecule has 1 fully saturated rings. The Kier molecular flexibility index (Phi) is 15.0. The van der Waals surface area contributed by atoms with E-state index >= 15 is 0 Å². The van der Waals surface area contributed by atoms with Gasteiger partial charge in [0.1, 0.15) is 12.7 Å². The first-order chi connectivity index (χ1) is 16.6. The van der Waals surface area contributed by atoms with E-state index in [9.17, 15) is 19.5 Å². The summed E-state index contributed by atoms with van der Waals surface area (Å²) >= 11 is 0. The number of carbonyl (C=O) groups excluding carboxylic acids is 3. The highest BCUT2D eigenvalue weighted by molar-refractivity contribution is 5.88. The number of hydroxylamine groups is 1. The Balaban J connectivity index is 2.69. The van der Waals surface area contributed by atoms with Crippen LogP contribution < -0.4 is 10.8 Å². The zero-order valence-corrected chi connectivity index (χ0v) is 22.0. The Labute approximate surface area is 210 Å². The summed E-state index contributed by atoms with van der Waals surface area (Å²) < 4.78 is 10.8. The molecule has 0 spiro atoms. The average molecular weight is 502 g/mol. The van der Waals surface area contributed by atoms with Crippen molar-refractivity contribution in [3.63, 3.8) is 0 Å². The van der Waals surface area contributed by atoms with Gasteiger partial charge < -0.3 is 19.9 Å². The van der Waals surface area contributed by atoms with Crippen molar-refractivity contribution in [3.05, 3.63) is 0 Å². The van der Waals surface area contributed by atoms with Gasteiger partial charge in [0, 0.05) is 13.1 Å². The van der Waals surface area contributed by atoms with Crippen molar-refractivity contribution in [1.82, 2.24) is 15.7 Å². The van der Waals surface area contributed by atoms with Gasteiger partial charge in [0.05, 0.1) is 31.7 Å². The second kappa shape index (κ2) is 16.8. The van der Waals surface area contributed by atoms with Crippen LogP contribution in [0.15, 0.2) is 0 Å². The maximum Gasteiger partial charge on any atom is 0.320 e. The summed E-state index contributed by atoms with van der Waals surface area (Å²) in [5, 5.41) is 22.2. The van der Waals surface area contributed by atoms with Crippen molar-refractivity contribution in [2.75, 3.05) is 39.5 Å². The summed E-state index contributed by atoms with van der Waals surface area (Å²) in [6.07, 6.45) is 5.89. The number of hydrogen-bond acceptors (Lipinski definition) is 8. The van der Waals surface area contributed by atoms with E-state index in [0.29, 0.717) is 39.1 Å². The number of nitrogens with zero attached hydrogens (tertiary/aromatic N) is 1. The number of amides is 2. The fraction of sp³-hybridized carbons (Fsp3) is 0.880. The van der Waals surface area contributed by atoms with Gasteiger partial charge in [-0.3, -0.25) is 24.5 Å². The van der Waals surface area contributed by atoms with Crippen LogP contribution in [0.25, 0.3) is 0 Å². The Morgan fingerprint density at radius 3 is 2.17 bits per heavy atom. The Hall–Kier alpha value is -1.75. The summed E-state index contributed by atoms with van der Waals surface area (Å²) in [7, 11) is 0. The highest BCUT2D eigenvalue weighted by atomic mass is 16.5. The molecule has 3 atom stereocenters. The molecule has 1 aliphatic rings. The summed E-state index contributed by atoms with van der Waals surface area (Å²) in [6.45, 7) is 10.5. The largest absolute Gasteiger partial charge is 0.463 e. The van der Waals surface area contributed by atoms with E-state index in [2.05, 4.69) is 12.2 Å². The van der Waals surface area contributed by atoms with E-state index in [1.165, 1.54) is 24.7 Å². The fourth-order valence-corrected chi connectivity index (χ4v) is 3.95. The van der Waals surface area contributed by atoms with Gasteiger partial charge in [-0.05, 0) is 11.8 Å². The number of esters is 1. The molecule has 0 aromatic rings. The molecule has 10 heteroatoms. The predicted molar refractivity (Wildman–Crippen MR) is 132 cm³/mol. The van der Waals surface area contributed by atoms with Gasteiger partial charge in [-0.25, -0.2) is 5.48 Å². The molecule has 1 heterocycles. The van der Waals surface area contributed by atoms with Crippen LogP contribution in [0, 0.1) is 11.3 Å². The Morgan fingerprint density at radius 1 is 1.00 bits per heavy atom. The standard InChI is InChI=1S/C25H47N3O7/c1-5-6-7-8-9-10-11-12-19(22(30)24(32)27-33)23(31)26-20(25(2,3)4)18-35-21(29)17-28-13-15-34-16-14-28/h19-20,22,30,33H,5-18H2,1-4H3,(H,26,31)(H,27,32)/t19-,20-,22+/m1/s1. The highest BCUT2D eigenvalue weighted by Gasteiger charge is 2.35. The Morgan fingerprint density at radius 2 is 1.60 bits per heavy atom. The van der Waals surface area contributed by atoms with Crippen LogP contribution in [-0.2, 0) is 23.9 Å². The van der Waals surface area contributed by atoms with Crippen molar-refractivity contribution in [3.8, 4) is 0 Å². The lowest BCUT2D eigenvalue weighted by Crippen LogP contribution is -2.52. The van der Waals surface area contributed by atoms with Gasteiger partial charge in [-0.15, -0.1) is 0 Å². The minimum Gasteiger partial charge on any atom is -0.463 e. The van der Waals surface area contributed by atoms with E-state index in [1.54, 1.807) is 0 Å². The number of aliphatic hydroxyl groups excluding tert-OH is 1. The average Bonchev–Trinajstić information content (AvgIpc) is 2.82. The van der Waals surface area contributed by atoms with E-state index in [-0.39, 0.29) is 19.1 Å². The summed E-state index contributed by atoms with van der Waals surface area (Å²) in [5.74, 6) is -2.92. The van der Waals surface area contributed by atoms with Gasteiger partial charge in [0.25, 0.3) is 5.91 Å². The zero-order valence-electron chi connectivity index (χ0n) is 22.0. The van der Waals surface area contributed by atoms with E-state index < -0.39 is 35.3 Å². The molecule has 2 amide bonds. The van der Waals surface area contributed by atoms with Crippen molar-refractivity contribution < 1.29 is 34.2 Å². The first kappa shape index (κ1) is 31.3. The molecule has 35 heavy (non-hydrogen) atoms. The maximum atomic E-state index is 13.1. The van der Waals surface area contributed by atoms with Crippen LogP contribution in [0.2, 0.25) is 0 Å². The maximum absolute atomic E-state index is 13.1. The first-order valence-electron chi connectivity index (χ1n) is 13.0. The second-order valence-electron chi connectivity index (χ2n) is 10.4. The summed E-state index contributed by atoms with van der Waals surface area (Å²) in [6, 6.07) is -0.524. The van der Waals surface area contributed by atoms with Crippen molar-refractivity contribution in [1.29, 1.82) is 0 Å². The number of carbonyl (C=O) groups is 3. The molecule has 0 aromatic heterocycles.